The van der Waals surface area contributed by atoms with Gasteiger partial charge in [0, 0.05) is 36.6 Å². The first-order chi connectivity index (χ1) is 5.97. The van der Waals surface area contributed by atoms with E-state index in [4.69, 9.17) is 0 Å². The van der Waals surface area contributed by atoms with Gasteiger partial charge >= 0.3 is 0 Å². The molecule has 0 saturated carbocycles. The van der Waals surface area contributed by atoms with Gasteiger partial charge in [0.05, 0.1) is 11.7 Å². The molecule has 1 unspecified atom stereocenters. The van der Waals surface area contributed by atoms with Gasteiger partial charge in [0.25, 0.3) is 0 Å². The van der Waals surface area contributed by atoms with E-state index in [9.17, 15) is 0 Å². The van der Waals surface area contributed by atoms with Crippen LogP contribution in [0.2, 0.25) is 0 Å². The van der Waals surface area contributed by atoms with Crippen LogP contribution < -0.4 is 5.32 Å². The van der Waals surface area contributed by atoms with Crippen molar-refractivity contribution in [1.82, 2.24) is 15.3 Å². The van der Waals surface area contributed by atoms with Gasteiger partial charge in [-0.1, -0.05) is 0 Å². The van der Waals surface area contributed by atoms with Gasteiger partial charge in [0.2, 0.25) is 0 Å². The summed E-state index contributed by atoms with van der Waals surface area (Å²) in [6, 6.07) is 0.400. The molecule has 0 aromatic carbocycles. The van der Waals surface area contributed by atoms with Crippen LogP contribution >= 0.6 is 11.8 Å². The molecule has 64 valence electrons. The molecular formula is C8H11N3S. The Morgan fingerprint density at radius 2 is 2.50 bits per heavy atom. The summed E-state index contributed by atoms with van der Waals surface area (Å²) in [4.78, 5) is 8.31. The van der Waals surface area contributed by atoms with E-state index in [1.165, 1.54) is 5.75 Å². The van der Waals surface area contributed by atoms with Crippen LogP contribution in [-0.4, -0.2) is 28.0 Å². The Morgan fingerprint density at radius 3 is 3.17 bits per heavy atom. The zero-order valence-corrected chi connectivity index (χ0v) is 7.55. The highest BCUT2D eigenvalue weighted by Crippen LogP contribution is 2.18. The van der Waals surface area contributed by atoms with E-state index in [0.29, 0.717) is 6.04 Å². The molecule has 0 radical (unpaired) electrons. The molecule has 2 rings (SSSR count). The van der Waals surface area contributed by atoms with Gasteiger partial charge in [-0.05, 0) is 0 Å². The van der Waals surface area contributed by atoms with E-state index in [2.05, 4.69) is 15.3 Å². The van der Waals surface area contributed by atoms with Gasteiger partial charge in [0.15, 0.2) is 0 Å². The second kappa shape index (κ2) is 3.87. The van der Waals surface area contributed by atoms with Crippen LogP contribution in [0, 0.1) is 0 Å². The number of nitrogens with zero attached hydrogens (tertiary/aromatic N) is 2. The van der Waals surface area contributed by atoms with Gasteiger partial charge in [-0.15, -0.1) is 0 Å². The van der Waals surface area contributed by atoms with Crippen molar-refractivity contribution in [3.8, 4) is 0 Å². The second-order valence-corrected chi connectivity index (χ2v) is 3.86. The maximum Gasteiger partial charge on any atom is 0.0764 e. The Balaban J connectivity index is 2.08. The van der Waals surface area contributed by atoms with Crippen LogP contribution in [0.1, 0.15) is 11.7 Å². The number of hydrogen-bond donors (Lipinski definition) is 1. The van der Waals surface area contributed by atoms with Crippen molar-refractivity contribution in [3.63, 3.8) is 0 Å². The highest BCUT2D eigenvalue weighted by Gasteiger charge is 2.15. The maximum absolute atomic E-state index is 4.26. The summed E-state index contributed by atoms with van der Waals surface area (Å²) in [6.45, 7) is 1.08. The van der Waals surface area contributed by atoms with Gasteiger partial charge in [-0.2, -0.15) is 11.8 Å². The molecule has 0 spiro atoms. The van der Waals surface area contributed by atoms with Gasteiger partial charge in [-0.3, -0.25) is 9.97 Å². The maximum atomic E-state index is 4.26. The SMILES string of the molecule is c1cnc(C2CSCCN2)cn1. The van der Waals surface area contributed by atoms with E-state index >= 15 is 0 Å². The number of nitrogens with one attached hydrogen (secondary N) is 1. The van der Waals surface area contributed by atoms with E-state index in [-0.39, 0.29) is 0 Å². The van der Waals surface area contributed by atoms with Crippen molar-refractivity contribution >= 4 is 11.8 Å². The van der Waals surface area contributed by atoms with Crippen LogP contribution in [0.4, 0.5) is 0 Å². The normalized spacial score (nSPS) is 23.8. The van der Waals surface area contributed by atoms with Gasteiger partial charge in [0.1, 0.15) is 0 Å². The predicted molar refractivity (Wildman–Crippen MR) is 50.1 cm³/mol. The molecule has 0 aliphatic carbocycles. The van der Waals surface area contributed by atoms with Crippen LogP contribution in [-0.2, 0) is 0 Å². The fraction of sp³-hybridized carbons (Fsp3) is 0.500. The molecule has 4 heteroatoms. The van der Waals surface area contributed by atoms with Crippen LogP contribution in [0.25, 0.3) is 0 Å². The molecule has 1 saturated heterocycles. The van der Waals surface area contributed by atoms with Crippen molar-refractivity contribution in [2.45, 2.75) is 6.04 Å². The summed E-state index contributed by atoms with van der Waals surface area (Å²) in [5.74, 6) is 2.31. The second-order valence-electron chi connectivity index (χ2n) is 2.71. The van der Waals surface area contributed by atoms with Crippen molar-refractivity contribution in [2.75, 3.05) is 18.1 Å². The fourth-order valence-corrected chi connectivity index (χ4v) is 2.20. The van der Waals surface area contributed by atoms with Crippen molar-refractivity contribution in [1.29, 1.82) is 0 Å². The Hall–Kier alpha value is -0.610. The Bertz CT molecular complexity index is 233. The smallest absolute Gasteiger partial charge is 0.0764 e. The van der Waals surface area contributed by atoms with E-state index in [1.807, 2.05) is 18.0 Å². The first-order valence-corrected chi connectivity index (χ1v) is 5.19. The standard InChI is InChI=1S/C8H11N3S/c1-2-10-7(5-9-1)8-6-12-4-3-11-8/h1-2,5,8,11H,3-4,6H2. The average molecular weight is 181 g/mol. The molecule has 1 fully saturated rings. The third-order valence-electron chi connectivity index (χ3n) is 1.86. The third kappa shape index (κ3) is 1.76. The molecule has 3 nitrogen and oxygen atoms in total. The van der Waals surface area contributed by atoms with Crippen molar-refractivity contribution < 1.29 is 0 Å². The fourth-order valence-electron chi connectivity index (χ4n) is 1.25. The lowest BCUT2D eigenvalue weighted by molar-refractivity contribution is 0.578. The summed E-state index contributed by atoms with van der Waals surface area (Å²) >= 11 is 1.97. The summed E-state index contributed by atoms with van der Waals surface area (Å²) in [7, 11) is 0. The van der Waals surface area contributed by atoms with E-state index < -0.39 is 0 Å². The molecule has 0 amide bonds. The molecule has 1 N–H and O–H groups in total. The first-order valence-electron chi connectivity index (χ1n) is 4.04. The molecular weight excluding hydrogens is 170 g/mol. The molecule has 1 aromatic rings. The number of thioether (sulfide) groups is 1. The summed E-state index contributed by atoms with van der Waals surface area (Å²) in [5, 5.41) is 3.41. The number of aromatic nitrogens is 2. The average Bonchev–Trinajstić information content (AvgIpc) is 2.21. The monoisotopic (exact) mass is 181 g/mol. The molecule has 1 atom stereocenters. The lowest BCUT2D eigenvalue weighted by atomic mass is 10.2. The quantitative estimate of drug-likeness (QED) is 0.697. The van der Waals surface area contributed by atoms with Crippen molar-refractivity contribution in [2.24, 2.45) is 0 Å². The molecule has 1 aliphatic heterocycles. The minimum atomic E-state index is 0.400. The Kier molecular flexibility index (Phi) is 2.58. The molecule has 1 aliphatic rings. The summed E-state index contributed by atoms with van der Waals surface area (Å²) in [6.07, 6.45) is 5.29. The van der Waals surface area contributed by atoms with Crippen LogP contribution in [0.3, 0.4) is 0 Å². The minimum Gasteiger partial charge on any atom is -0.307 e. The third-order valence-corrected chi connectivity index (χ3v) is 2.92. The molecule has 0 bridgehead atoms. The summed E-state index contributed by atoms with van der Waals surface area (Å²) in [5.41, 5.74) is 1.06. The Morgan fingerprint density at radius 1 is 1.50 bits per heavy atom. The Labute approximate surface area is 76.0 Å². The number of hydrogen-bond acceptors (Lipinski definition) is 4. The minimum absolute atomic E-state index is 0.400. The topological polar surface area (TPSA) is 37.8 Å². The largest absolute Gasteiger partial charge is 0.307 e. The lowest BCUT2D eigenvalue weighted by Gasteiger charge is -2.21. The van der Waals surface area contributed by atoms with E-state index in [1.54, 1.807) is 12.4 Å². The predicted octanol–water partition coefficient (Wildman–Crippen LogP) is 0.854. The first kappa shape index (κ1) is 8.01. The molecule has 12 heavy (non-hydrogen) atoms. The highest BCUT2D eigenvalue weighted by molar-refractivity contribution is 7.99. The van der Waals surface area contributed by atoms with Gasteiger partial charge < -0.3 is 5.32 Å². The highest BCUT2D eigenvalue weighted by atomic mass is 32.2. The zero-order chi connectivity index (χ0) is 8.23. The lowest BCUT2D eigenvalue weighted by Crippen LogP contribution is -2.30. The van der Waals surface area contributed by atoms with Crippen LogP contribution in [0.15, 0.2) is 18.6 Å². The summed E-state index contributed by atoms with van der Waals surface area (Å²) < 4.78 is 0. The number of rotatable bonds is 1. The zero-order valence-electron chi connectivity index (χ0n) is 6.73. The van der Waals surface area contributed by atoms with E-state index in [0.717, 1.165) is 18.0 Å². The van der Waals surface area contributed by atoms with Crippen molar-refractivity contribution in [3.05, 3.63) is 24.3 Å². The molecule has 1 aromatic heterocycles. The van der Waals surface area contributed by atoms with Gasteiger partial charge in [-0.25, -0.2) is 0 Å². The van der Waals surface area contributed by atoms with Crippen LogP contribution in [0.5, 0.6) is 0 Å². The molecule has 2 heterocycles.